The summed E-state index contributed by atoms with van der Waals surface area (Å²) in [5.74, 6) is 0.753. The lowest BCUT2D eigenvalue weighted by molar-refractivity contribution is 0.272. The Labute approximate surface area is 232 Å². The molecule has 3 nitrogen and oxygen atoms in total. The maximum absolute atomic E-state index is 4.21. The van der Waals surface area contributed by atoms with Crippen molar-refractivity contribution in [2.45, 2.75) is 38.2 Å². The minimum atomic E-state index is -0.133. The summed E-state index contributed by atoms with van der Waals surface area (Å²) in [4.78, 5) is 2.76. The topological polar surface area (TPSA) is 40.7 Å². The number of hydrogen-bond donors (Lipinski definition) is 2. The zero-order valence-corrected chi connectivity index (χ0v) is 22.6. The number of allylic oxidation sites excluding steroid dienone is 4. The molecule has 6 atom stereocenters. The van der Waals surface area contributed by atoms with E-state index < -0.39 is 0 Å². The Kier molecular flexibility index (Phi) is 5.46. The summed E-state index contributed by atoms with van der Waals surface area (Å²) in [7, 11) is 0. The van der Waals surface area contributed by atoms with Crippen LogP contribution in [0.1, 0.15) is 17.5 Å². The lowest BCUT2D eigenvalue weighted by atomic mass is 9.55. The molecule has 2 aliphatic carbocycles. The van der Waals surface area contributed by atoms with E-state index in [1.54, 1.807) is 0 Å². The molecule has 1 saturated heterocycles. The van der Waals surface area contributed by atoms with E-state index >= 15 is 0 Å². The van der Waals surface area contributed by atoms with Gasteiger partial charge in [-0.25, -0.2) is 0 Å². The van der Waals surface area contributed by atoms with E-state index in [-0.39, 0.29) is 5.41 Å². The fourth-order valence-electron chi connectivity index (χ4n) is 7.25. The lowest BCUT2D eigenvalue weighted by Crippen LogP contribution is -2.55. The fraction of sp³-hybridized carbons (Fsp3) is 0.242. The van der Waals surface area contributed by atoms with Crippen molar-refractivity contribution in [2.75, 3.05) is 6.54 Å². The molecule has 2 aromatic carbocycles. The zero-order chi connectivity index (χ0) is 25.1. The van der Waals surface area contributed by atoms with Gasteiger partial charge in [-0.15, -0.1) is 11.8 Å². The first kappa shape index (κ1) is 22.9. The van der Waals surface area contributed by atoms with E-state index in [9.17, 15) is 0 Å². The lowest BCUT2D eigenvalue weighted by Gasteiger charge is -2.57. The van der Waals surface area contributed by atoms with Crippen LogP contribution in [-0.4, -0.2) is 33.3 Å². The molecule has 0 amide bonds. The summed E-state index contributed by atoms with van der Waals surface area (Å²) >= 11 is 4.08. The number of thioether (sulfide) groups is 1. The smallest absolute Gasteiger partial charge is 0.0565 e. The van der Waals surface area contributed by atoms with Crippen molar-refractivity contribution in [3.8, 4) is 11.1 Å². The van der Waals surface area contributed by atoms with Crippen LogP contribution in [0.3, 0.4) is 0 Å². The minimum Gasteiger partial charge on any atom is -0.306 e. The predicted molar refractivity (Wildman–Crippen MR) is 159 cm³/mol. The van der Waals surface area contributed by atoms with Gasteiger partial charge >= 0.3 is 0 Å². The number of fused-ring (bicyclic) bond motifs is 8. The van der Waals surface area contributed by atoms with E-state index in [1.165, 1.54) is 32.1 Å². The highest BCUT2D eigenvalue weighted by Crippen LogP contribution is 2.64. The van der Waals surface area contributed by atoms with Crippen molar-refractivity contribution in [3.63, 3.8) is 0 Å². The average molecular weight is 532 g/mol. The number of benzene rings is 2. The Morgan fingerprint density at radius 2 is 1.76 bits per heavy atom. The van der Waals surface area contributed by atoms with Crippen LogP contribution < -0.4 is 5.32 Å². The molecule has 1 aromatic heterocycles. The van der Waals surface area contributed by atoms with Crippen molar-refractivity contribution >= 4 is 23.5 Å². The van der Waals surface area contributed by atoms with E-state index in [1.807, 2.05) is 24.2 Å². The monoisotopic (exact) mass is 531 g/mol. The molecule has 8 rings (SSSR count). The largest absolute Gasteiger partial charge is 0.306 e. The molecule has 5 heteroatoms. The van der Waals surface area contributed by atoms with Gasteiger partial charge in [-0.1, -0.05) is 96.8 Å². The summed E-state index contributed by atoms with van der Waals surface area (Å²) in [6, 6.07) is 16.7. The second kappa shape index (κ2) is 9.04. The molecule has 1 spiro atoms. The maximum Gasteiger partial charge on any atom is 0.0565 e. The predicted octanol–water partition coefficient (Wildman–Crippen LogP) is 7.08. The highest BCUT2D eigenvalue weighted by atomic mass is 32.2. The summed E-state index contributed by atoms with van der Waals surface area (Å²) in [5.41, 5.74) is 6.62. The van der Waals surface area contributed by atoms with Gasteiger partial charge in [0, 0.05) is 61.9 Å². The van der Waals surface area contributed by atoms with E-state index in [4.69, 9.17) is 0 Å². The number of aromatic amines is 1. The first-order valence-electron chi connectivity index (χ1n) is 13.5. The van der Waals surface area contributed by atoms with Crippen LogP contribution in [0.5, 0.6) is 0 Å². The Bertz CT molecular complexity index is 1550. The molecule has 0 saturated carbocycles. The van der Waals surface area contributed by atoms with Crippen LogP contribution in [0.15, 0.2) is 125 Å². The quantitative estimate of drug-likeness (QED) is 0.347. The van der Waals surface area contributed by atoms with Gasteiger partial charge in [-0.05, 0) is 40.8 Å². The molecule has 2 N–H and O–H groups in total. The van der Waals surface area contributed by atoms with Gasteiger partial charge in [0.05, 0.1) is 6.20 Å². The van der Waals surface area contributed by atoms with Crippen LogP contribution in [0, 0.1) is 11.8 Å². The van der Waals surface area contributed by atoms with Crippen molar-refractivity contribution in [2.24, 2.45) is 11.8 Å². The number of nitrogens with one attached hydrogen (secondary N) is 2. The molecule has 3 aromatic rings. The Balaban J connectivity index is 1.34. The van der Waals surface area contributed by atoms with Gasteiger partial charge in [0.2, 0.25) is 0 Å². The molecule has 4 heterocycles. The number of hydrogen-bond acceptors (Lipinski definition) is 4. The molecule has 5 aliphatic rings. The van der Waals surface area contributed by atoms with Gasteiger partial charge in [-0.2, -0.15) is 5.10 Å². The van der Waals surface area contributed by atoms with Crippen molar-refractivity contribution in [3.05, 3.63) is 126 Å². The summed E-state index contributed by atoms with van der Waals surface area (Å²) < 4.78 is 0. The van der Waals surface area contributed by atoms with Crippen LogP contribution in [-0.2, 0) is 5.41 Å². The van der Waals surface area contributed by atoms with Crippen molar-refractivity contribution in [1.29, 1.82) is 0 Å². The van der Waals surface area contributed by atoms with Gasteiger partial charge in [0.1, 0.15) is 0 Å². The normalized spacial score (nSPS) is 32.3. The first-order chi connectivity index (χ1) is 18.8. The Morgan fingerprint density at radius 3 is 2.66 bits per heavy atom. The molecule has 6 unspecified atom stereocenters. The summed E-state index contributed by atoms with van der Waals surface area (Å²) in [5, 5.41) is 11.7. The standard InChI is InChI=1S/C33H29N3S2/c1-3-10-29-24(7-1)33(26-14-12-21(17-31(26)37-29)23-19-35-36-20-23)25-8-2-4-11-30(25)38-32-18-22(13-15-27(32)33)28-9-5-6-16-34-28/h1-8,10-15,17-20,25,27-28,30,32,34H,9,16H2,(H,35,36). The third-order valence-electron chi connectivity index (χ3n) is 8.89. The second-order valence-corrected chi connectivity index (χ2v) is 13.2. The van der Waals surface area contributed by atoms with Crippen LogP contribution in [0.4, 0.5) is 0 Å². The molecular weight excluding hydrogens is 503 g/mol. The molecule has 0 bridgehead atoms. The van der Waals surface area contributed by atoms with Crippen molar-refractivity contribution in [1.82, 2.24) is 15.5 Å². The molecule has 1 fully saturated rings. The Morgan fingerprint density at radius 1 is 0.868 bits per heavy atom. The van der Waals surface area contributed by atoms with Gasteiger partial charge in [0.15, 0.2) is 0 Å². The number of rotatable bonds is 2. The number of H-pyrrole nitrogens is 1. The number of nitrogens with zero attached hydrogens (tertiary/aromatic N) is 1. The minimum absolute atomic E-state index is 0.133. The van der Waals surface area contributed by atoms with Gasteiger partial charge < -0.3 is 5.32 Å². The molecule has 3 aliphatic heterocycles. The van der Waals surface area contributed by atoms with Gasteiger partial charge in [0.25, 0.3) is 0 Å². The maximum atomic E-state index is 4.21. The van der Waals surface area contributed by atoms with Crippen LogP contribution >= 0.6 is 23.5 Å². The van der Waals surface area contributed by atoms with E-state index in [2.05, 4.69) is 124 Å². The zero-order valence-electron chi connectivity index (χ0n) is 21.0. The Hall–Kier alpha value is -2.99. The fourth-order valence-corrected chi connectivity index (χ4v) is 10.2. The molecule has 38 heavy (non-hydrogen) atoms. The van der Waals surface area contributed by atoms with E-state index in [0.717, 1.165) is 18.5 Å². The summed E-state index contributed by atoms with van der Waals surface area (Å²) in [6.07, 6.45) is 26.6. The highest BCUT2D eigenvalue weighted by molar-refractivity contribution is 8.01. The SMILES string of the molecule is C1=CC2SC3C=C(C4CC=CCN4)C=CC3C3(c4ccccc4Sc4cc(-c5cn[nH]c5)ccc43)C2C=C1. The van der Waals surface area contributed by atoms with Gasteiger partial charge in [-0.3, -0.25) is 5.10 Å². The molecular formula is C33H29N3S2. The second-order valence-electron chi connectivity index (χ2n) is 10.7. The number of aromatic nitrogens is 2. The van der Waals surface area contributed by atoms with Crippen molar-refractivity contribution < 1.29 is 0 Å². The first-order valence-corrected chi connectivity index (χ1v) is 15.3. The highest BCUT2D eigenvalue weighted by Gasteiger charge is 2.58. The van der Waals surface area contributed by atoms with E-state index in [0.29, 0.717) is 28.4 Å². The van der Waals surface area contributed by atoms with Crippen LogP contribution in [0.25, 0.3) is 11.1 Å². The van der Waals surface area contributed by atoms with Crippen LogP contribution in [0.2, 0.25) is 0 Å². The third-order valence-corrected chi connectivity index (χ3v) is 11.5. The molecule has 0 radical (unpaired) electrons. The summed E-state index contributed by atoms with van der Waals surface area (Å²) in [6.45, 7) is 0.955. The third kappa shape index (κ3) is 3.38. The average Bonchev–Trinajstić information content (AvgIpc) is 3.52. The molecule has 188 valence electrons.